The summed E-state index contributed by atoms with van der Waals surface area (Å²) in [6.07, 6.45) is 1.38. The molecule has 0 atom stereocenters. The van der Waals surface area contributed by atoms with Crippen LogP contribution < -0.4 is 10.5 Å². The molecule has 0 radical (unpaired) electrons. The fraction of sp³-hybridized carbons (Fsp3) is 0.214. The van der Waals surface area contributed by atoms with E-state index in [4.69, 9.17) is 10.5 Å². The quantitative estimate of drug-likeness (QED) is 0.798. The van der Waals surface area contributed by atoms with Gasteiger partial charge in [0, 0.05) is 12.6 Å². The average Bonchev–Trinajstić information content (AvgIpc) is 2.80. The number of aromatic nitrogens is 4. The number of nitrogen functional groups attached to an aromatic ring is 1. The van der Waals surface area contributed by atoms with Crippen LogP contribution in [0.5, 0.6) is 5.75 Å². The molecular formula is C14H14FN5O. The summed E-state index contributed by atoms with van der Waals surface area (Å²) in [5.41, 5.74) is 7.65. The van der Waals surface area contributed by atoms with Crippen molar-refractivity contribution in [1.82, 2.24) is 19.7 Å². The summed E-state index contributed by atoms with van der Waals surface area (Å²) in [4.78, 5) is 8.12. The number of anilines is 1. The number of halogens is 1. The number of nitrogens with zero attached hydrogens (tertiary/aromatic N) is 4. The zero-order chi connectivity index (χ0) is 15.0. The van der Waals surface area contributed by atoms with Gasteiger partial charge in [0.15, 0.2) is 17.2 Å². The van der Waals surface area contributed by atoms with Crippen LogP contribution in [0.3, 0.4) is 0 Å². The summed E-state index contributed by atoms with van der Waals surface area (Å²) in [6, 6.07) is 4.69. The second-order valence-corrected chi connectivity index (χ2v) is 4.51. The molecule has 0 aliphatic carbocycles. The molecule has 0 aliphatic heterocycles. The summed E-state index contributed by atoms with van der Waals surface area (Å²) < 4.78 is 20.8. The molecule has 6 nitrogen and oxygen atoms in total. The molecule has 21 heavy (non-hydrogen) atoms. The van der Waals surface area contributed by atoms with Gasteiger partial charge < -0.3 is 10.5 Å². The van der Waals surface area contributed by atoms with E-state index in [1.165, 1.54) is 12.4 Å². The molecular weight excluding hydrogens is 273 g/mol. The Kier molecular flexibility index (Phi) is 3.17. The first-order valence-electron chi connectivity index (χ1n) is 6.47. The molecule has 0 spiro atoms. The topological polar surface area (TPSA) is 78.8 Å². The minimum absolute atomic E-state index is 0.214. The summed E-state index contributed by atoms with van der Waals surface area (Å²) >= 11 is 0. The molecule has 0 saturated carbocycles. The zero-order valence-corrected chi connectivity index (χ0v) is 11.7. The molecule has 2 N–H and O–H groups in total. The molecule has 108 valence electrons. The van der Waals surface area contributed by atoms with Crippen molar-refractivity contribution < 1.29 is 9.13 Å². The molecule has 2 aromatic heterocycles. The fourth-order valence-electron chi connectivity index (χ4n) is 2.23. The maximum absolute atomic E-state index is 14.0. The predicted molar refractivity (Wildman–Crippen MR) is 77.3 cm³/mol. The SMILES string of the molecule is CCOc1ccc(-c2nn(C)c3ncnc(N)c23)cc1F. The first-order chi connectivity index (χ1) is 10.1. The number of rotatable bonds is 3. The normalized spacial score (nSPS) is 11.0. The van der Waals surface area contributed by atoms with Crippen LogP contribution in [0.1, 0.15) is 6.92 Å². The van der Waals surface area contributed by atoms with Crippen LogP contribution in [0.2, 0.25) is 0 Å². The highest BCUT2D eigenvalue weighted by atomic mass is 19.1. The first-order valence-corrected chi connectivity index (χ1v) is 6.47. The van der Waals surface area contributed by atoms with Gasteiger partial charge in [-0.05, 0) is 25.1 Å². The molecule has 3 rings (SSSR count). The lowest BCUT2D eigenvalue weighted by Crippen LogP contribution is -1.95. The van der Waals surface area contributed by atoms with Gasteiger partial charge >= 0.3 is 0 Å². The Morgan fingerprint density at radius 1 is 1.33 bits per heavy atom. The van der Waals surface area contributed by atoms with Crippen molar-refractivity contribution in [3.05, 3.63) is 30.3 Å². The molecule has 0 amide bonds. The van der Waals surface area contributed by atoms with E-state index in [9.17, 15) is 4.39 Å². The van der Waals surface area contributed by atoms with Gasteiger partial charge in [-0.3, -0.25) is 0 Å². The van der Waals surface area contributed by atoms with E-state index >= 15 is 0 Å². The number of fused-ring (bicyclic) bond motifs is 1. The van der Waals surface area contributed by atoms with E-state index in [1.807, 2.05) is 0 Å². The third-order valence-corrected chi connectivity index (χ3v) is 3.16. The fourth-order valence-corrected chi connectivity index (χ4v) is 2.23. The van der Waals surface area contributed by atoms with Gasteiger partial charge in [0.1, 0.15) is 17.8 Å². The lowest BCUT2D eigenvalue weighted by molar-refractivity contribution is 0.321. The molecule has 1 aromatic carbocycles. The lowest BCUT2D eigenvalue weighted by atomic mass is 10.1. The van der Waals surface area contributed by atoms with E-state index in [0.717, 1.165) is 0 Å². The maximum atomic E-state index is 14.0. The number of nitrogens with two attached hydrogens (primary N) is 1. The van der Waals surface area contributed by atoms with Crippen molar-refractivity contribution in [2.75, 3.05) is 12.3 Å². The second kappa shape index (κ2) is 5.01. The van der Waals surface area contributed by atoms with Crippen LogP contribution in [0.25, 0.3) is 22.3 Å². The minimum Gasteiger partial charge on any atom is -0.491 e. The number of hydrogen-bond acceptors (Lipinski definition) is 5. The van der Waals surface area contributed by atoms with Gasteiger partial charge in [-0.25, -0.2) is 19.0 Å². The molecule has 0 bridgehead atoms. The van der Waals surface area contributed by atoms with Gasteiger partial charge in [0.2, 0.25) is 0 Å². The Morgan fingerprint density at radius 3 is 2.86 bits per heavy atom. The Labute approximate surface area is 120 Å². The van der Waals surface area contributed by atoms with E-state index < -0.39 is 5.82 Å². The molecule has 7 heteroatoms. The van der Waals surface area contributed by atoms with Crippen molar-refractivity contribution in [3.8, 4) is 17.0 Å². The highest BCUT2D eigenvalue weighted by Gasteiger charge is 2.16. The molecule has 0 aliphatic rings. The third-order valence-electron chi connectivity index (χ3n) is 3.16. The Bertz CT molecular complexity index is 814. The first kappa shape index (κ1) is 13.3. The van der Waals surface area contributed by atoms with Crippen LogP contribution in [0, 0.1) is 5.82 Å². The molecule has 0 fully saturated rings. The third kappa shape index (κ3) is 2.16. The van der Waals surface area contributed by atoms with Crippen LogP contribution in [0.4, 0.5) is 10.2 Å². The summed E-state index contributed by atoms with van der Waals surface area (Å²) in [6.45, 7) is 2.21. The van der Waals surface area contributed by atoms with Crippen LogP contribution in [-0.2, 0) is 7.05 Å². The molecule has 3 aromatic rings. The highest BCUT2D eigenvalue weighted by molar-refractivity contribution is 5.98. The standard InChI is InChI=1S/C14H14FN5O/c1-3-21-10-5-4-8(6-9(10)15)12-11-13(16)17-7-18-14(11)20(2)19-12/h4-7H,3H2,1-2H3,(H2,16,17,18). The van der Waals surface area contributed by atoms with E-state index in [2.05, 4.69) is 15.1 Å². The maximum Gasteiger partial charge on any atom is 0.165 e. The number of aryl methyl sites for hydroxylation is 1. The van der Waals surface area contributed by atoms with Crippen molar-refractivity contribution in [2.45, 2.75) is 6.92 Å². The van der Waals surface area contributed by atoms with Crippen molar-refractivity contribution >= 4 is 16.9 Å². The van der Waals surface area contributed by atoms with Crippen LogP contribution >= 0.6 is 0 Å². The zero-order valence-electron chi connectivity index (χ0n) is 11.7. The summed E-state index contributed by atoms with van der Waals surface area (Å²) in [5, 5.41) is 4.98. The second-order valence-electron chi connectivity index (χ2n) is 4.51. The minimum atomic E-state index is -0.441. The van der Waals surface area contributed by atoms with Crippen molar-refractivity contribution in [2.24, 2.45) is 7.05 Å². The molecule has 0 unspecified atom stereocenters. The van der Waals surface area contributed by atoms with Gasteiger partial charge in [-0.15, -0.1) is 0 Å². The van der Waals surface area contributed by atoms with Crippen LogP contribution in [-0.4, -0.2) is 26.4 Å². The Balaban J connectivity index is 2.19. The predicted octanol–water partition coefficient (Wildman–Crippen LogP) is 2.15. The van der Waals surface area contributed by atoms with Gasteiger partial charge in [-0.2, -0.15) is 5.10 Å². The van der Waals surface area contributed by atoms with Crippen molar-refractivity contribution in [3.63, 3.8) is 0 Å². The van der Waals surface area contributed by atoms with E-state index in [1.54, 1.807) is 30.8 Å². The summed E-state index contributed by atoms with van der Waals surface area (Å²) in [7, 11) is 1.75. The van der Waals surface area contributed by atoms with Crippen molar-refractivity contribution in [1.29, 1.82) is 0 Å². The number of hydrogen-bond donors (Lipinski definition) is 1. The molecule has 2 heterocycles. The van der Waals surface area contributed by atoms with E-state index in [0.29, 0.717) is 34.7 Å². The largest absolute Gasteiger partial charge is 0.491 e. The summed E-state index contributed by atoms with van der Waals surface area (Å²) in [5.74, 6) is 0.0895. The number of ether oxygens (including phenoxy) is 1. The van der Waals surface area contributed by atoms with E-state index in [-0.39, 0.29) is 5.75 Å². The van der Waals surface area contributed by atoms with Gasteiger partial charge in [0.25, 0.3) is 0 Å². The monoisotopic (exact) mass is 287 g/mol. The van der Waals surface area contributed by atoms with Gasteiger partial charge in [0.05, 0.1) is 12.0 Å². The highest BCUT2D eigenvalue weighted by Crippen LogP contribution is 2.31. The average molecular weight is 287 g/mol. The molecule has 0 saturated heterocycles. The Morgan fingerprint density at radius 2 is 2.14 bits per heavy atom. The Hall–Kier alpha value is -2.70. The smallest absolute Gasteiger partial charge is 0.165 e. The van der Waals surface area contributed by atoms with Crippen LogP contribution in [0.15, 0.2) is 24.5 Å². The number of benzene rings is 1. The van der Waals surface area contributed by atoms with Gasteiger partial charge in [-0.1, -0.05) is 0 Å². The lowest BCUT2D eigenvalue weighted by Gasteiger charge is -2.06.